The molecule has 1 fully saturated rings. The molecule has 0 atom stereocenters. The van der Waals surface area contributed by atoms with Crippen LogP contribution in [0.2, 0.25) is 0 Å². The standard InChI is InChI=1S/C15H18N2O3/c1-20-7-6-15(4-5-15)9-17-10-16-12-8-11(14(18)19)2-3-13(12)17/h2-3,8,10H,4-7,9H2,1H3,(H,18,19). The molecule has 0 spiro atoms. The van der Waals surface area contributed by atoms with Crippen molar-refractivity contribution in [2.45, 2.75) is 25.8 Å². The number of ether oxygens (including phenoxy) is 1. The van der Waals surface area contributed by atoms with Crippen LogP contribution in [0.4, 0.5) is 0 Å². The zero-order chi connectivity index (χ0) is 14.2. The Bertz CT molecular complexity index is 644. The van der Waals surface area contributed by atoms with E-state index >= 15 is 0 Å². The molecule has 1 aromatic heterocycles. The molecule has 0 radical (unpaired) electrons. The van der Waals surface area contributed by atoms with Gasteiger partial charge in [0.1, 0.15) is 0 Å². The number of rotatable bonds is 6. The molecule has 2 aromatic rings. The van der Waals surface area contributed by atoms with Crippen molar-refractivity contribution < 1.29 is 14.6 Å². The summed E-state index contributed by atoms with van der Waals surface area (Å²) in [6, 6.07) is 5.11. The molecule has 1 saturated carbocycles. The first-order valence-electron chi connectivity index (χ1n) is 6.81. The zero-order valence-electron chi connectivity index (χ0n) is 11.5. The van der Waals surface area contributed by atoms with E-state index in [1.54, 1.807) is 19.2 Å². The molecule has 0 aliphatic heterocycles. The van der Waals surface area contributed by atoms with Gasteiger partial charge >= 0.3 is 5.97 Å². The van der Waals surface area contributed by atoms with Crippen LogP contribution in [-0.2, 0) is 11.3 Å². The summed E-state index contributed by atoms with van der Waals surface area (Å²) in [7, 11) is 1.73. The van der Waals surface area contributed by atoms with E-state index in [1.165, 1.54) is 12.8 Å². The number of fused-ring (bicyclic) bond motifs is 1. The summed E-state index contributed by atoms with van der Waals surface area (Å²) < 4.78 is 7.30. The number of hydrogen-bond acceptors (Lipinski definition) is 3. The number of methoxy groups -OCH3 is 1. The third-order valence-corrected chi connectivity index (χ3v) is 4.17. The van der Waals surface area contributed by atoms with E-state index < -0.39 is 5.97 Å². The average Bonchev–Trinajstić information content (AvgIpc) is 3.10. The number of aromatic carboxylic acids is 1. The summed E-state index contributed by atoms with van der Waals surface area (Å²) in [5.41, 5.74) is 2.36. The highest BCUT2D eigenvalue weighted by molar-refractivity contribution is 5.92. The van der Waals surface area contributed by atoms with Gasteiger partial charge in [-0.15, -0.1) is 0 Å². The first-order valence-corrected chi connectivity index (χ1v) is 6.81. The van der Waals surface area contributed by atoms with E-state index in [4.69, 9.17) is 9.84 Å². The first-order chi connectivity index (χ1) is 9.63. The van der Waals surface area contributed by atoms with Gasteiger partial charge in [0.2, 0.25) is 0 Å². The Morgan fingerprint density at radius 2 is 2.30 bits per heavy atom. The van der Waals surface area contributed by atoms with Gasteiger partial charge in [-0.3, -0.25) is 0 Å². The van der Waals surface area contributed by atoms with Crippen LogP contribution in [0, 0.1) is 5.41 Å². The molecule has 5 nitrogen and oxygen atoms in total. The van der Waals surface area contributed by atoms with Gasteiger partial charge in [-0.05, 0) is 42.9 Å². The SMILES string of the molecule is COCCC1(Cn2cnc3cc(C(=O)O)ccc32)CC1. The summed E-state index contributed by atoms with van der Waals surface area (Å²) >= 11 is 0. The number of carboxylic acid groups (broad SMARTS) is 1. The molecule has 1 aliphatic carbocycles. The van der Waals surface area contributed by atoms with Crippen molar-refractivity contribution in [3.05, 3.63) is 30.1 Å². The van der Waals surface area contributed by atoms with E-state index in [0.717, 1.165) is 30.6 Å². The highest BCUT2D eigenvalue weighted by atomic mass is 16.5. The summed E-state index contributed by atoms with van der Waals surface area (Å²) in [5, 5.41) is 9.00. The predicted octanol–water partition coefficient (Wildman–Crippen LogP) is 2.55. The lowest BCUT2D eigenvalue weighted by atomic mass is 10.0. The predicted molar refractivity (Wildman–Crippen MR) is 74.9 cm³/mol. The Morgan fingerprint density at radius 1 is 1.50 bits per heavy atom. The van der Waals surface area contributed by atoms with E-state index in [0.29, 0.717) is 5.41 Å². The highest BCUT2D eigenvalue weighted by Crippen LogP contribution is 2.50. The van der Waals surface area contributed by atoms with Gasteiger partial charge < -0.3 is 14.4 Å². The fraction of sp³-hybridized carbons (Fsp3) is 0.467. The van der Waals surface area contributed by atoms with Crippen LogP contribution >= 0.6 is 0 Å². The van der Waals surface area contributed by atoms with Crippen LogP contribution in [0.3, 0.4) is 0 Å². The fourth-order valence-electron chi connectivity index (χ4n) is 2.67. The van der Waals surface area contributed by atoms with Gasteiger partial charge in [0, 0.05) is 20.3 Å². The summed E-state index contributed by atoms with van der Waals surface area (Å²) in [4.78, 5) is 15.3. The molecule has 106 valence electrons. The van der Waals surface area contributed by atoms with Crippen molar-refractivity contribution in [3.8, 4) is 0 Å². The molecule has 0 saturated heterocycles. The van der Waals surface area contributed by atoms with E-state index in [1.807, 2.05) is 12.4 Å². The van der Waals surface area contributed by atoms with Crippen LogP contribution in [0.15, 0.2) is 24.5 Å². The maximum absolute atomic E-state index is 11.0. The van der Waals surface area contributed by atoms with Gasteiger partial charge in [0.25, 0.3) is 0 Å². The van der Waals surface area contributed by atoms with E-state index in [-0.39, 0.29) is 5.56 Å². The van der Waals surface area contributed by atoms with Crippen molar-refractivity contribution in [2.24, 2.45) is 5.41 Å². The lowest BCUT2D eigenvalue weighted by Crippen LogP contribution is -2.13. The molecule has 3 rings (SSSR count). The van der Waals surface area contributed by atoms with Crippen molar-refractivity contribution in [1.29, 1.82) is 0 Å². The Morgan fingerprint density at radius 3 is 2.95 bits per heavy atom. The van der Waals surface area contributed by atoms with E-state index in [9.17, 15) is 4.79 Å². The molecule has 1 heterocycles. The van der Waals surface area contributed by atoms with Gasteiger partial charge in [-0.2, -0.15) is 0 Å². The Hall–Kier alpha value is -1.88. The topological polar surface area (TPSA) is 64.4 Å². The normalized spacial score (nSPS) is 16.4. The Balaban J connectivity index is 1.84. The minimum atomic E-state index is -0.916. The summed E-state index contributed by atoms with van der Waals surface area (Å²) in [5.74, 6) is -0.916. The molecular weight excluding hydrogens is 256 g/mol. The number of benzene rings is 1. The maximum atomic E-state index is 11.0. The second kappa shape index (κ2) is 4.90. The minimum absolute atomic E-state index is 0.281. The average molecular weight is 274 g/mol. The van der Waals surface area contributed by atoms with Crippen molar-refractivity contribution in [1.82, 2.24) is 9.55 Å². The van der Waals surface area contributed by atoms with Crippen molar-refractivity contribution in [3.63, 3.8) is 0 Å². The van der Waals surface area contributed by atoms with Crippen molar-refractivity contribution >= 4 is 17.0 Å². The zero-order valence-corrected chi connectivity index (χ0v) is 11.5. The lowest BCUT2D eigenvalue weighted by Gasteiger charge is -2.15. The van der Waals surface area contributed by atoms with Gasteiger partial charge in [-0.1, -0.05) is 0 Å². The van der Waals surface area contributed by atoms with Crippen LogP contribution in [0.1, 0.15) is 29.6 Å². The lowest BCUT2D eigenvalue weighted by molar-refractivity contribution is 0.0697. The number of carbonyl (C=O) groups is 1. The highest BCUT2D eigenvalue weighted by Gasteiger charge is 2.42. The molecular formula is C15H18N2O3. The number of imidazole rings is 1. The molecule has 0 unspecified atom stereocenters. The third kappa shape index (κ3) is 2.41. The van der Waals surface area contributed by atoms with Crippen LogP contribution in [0.5, 0.6) is 0 Å². The smallest absolute Gasteiger partial charge is 0.335 e. The largest absolute Gasteiger partial charge is 0.478 e. The molecule has 20 heavy (non-hydrogen) atoms. The number of aromatic nitrogens is 2. The van der Waals surface area contributed by atoms with Gasteiger partial charge in [-0.25, -0.2) is 9.78 Å². The van der Waals surface area contributed by atoms with Crippen LogP contribution in [-0.4, -0.2) is 34.3 Å². The number of carboxylic acids is 1. The number of nitrogens with zero attached hydrogens (tertiary/aromatic N) is 2. The molecule has 1 N–H and O–H groups in total. The van der Waals surface area contributed by atoms with Gasteiger partial charge in [0.15, 0.2) is 0 Å². The monoisotopic (exact) mass is 274 g/mol. The Labute approximate surface area is 117 Å². The van der Waals surface area contributed by atoms with Gasteiger partial charge in [0.05, 0.1) is 22.9 Å². The second-order valence-corrected chi connectivity index (χ2v) is 5.62. The fourth-order valence-corrected chi connectivity index (χ4v) is 2.67. The third-order valence-electron chi connectivity index (χ3n) is 4.17. The van der Waals surface area contributed by atoms with Crippen LogP contribution < -0.4 is 0 Å². The summed E-state index contributed by atoms with van der Waals surface area (Å²) in [6.45, 7) is 1.72. The molecule has 1 aliphatic rings. The minimum Gasteiger partial charge on any atom is -0.478 e. The molecule has 5 heteroatoms. The maximum Gasteiger partial charge on any atom is 0.335 e. The quantitative estimate of drug-likeness (QED) is 0.879. The molecule has 0 amide bonds. The van der Waals surface area contributed by atoms with Crippen LogP contribution in [0.25, 0.3) is 11.0 Å². The molecule has 1 aromatic carbocycles. The Kier molecular flexibility index (Phi) is 3.22. The van der Waals surface area contributed by atoms with E-state index in [2.05, 4.69) is 9.55 Å². The molecule has 0 bridgehead atoms. The number of hydrogen-bond donors (Lipinski definition) is 1. The van der Waals surface area contributed by atoms with Crippen molar-refractivity contribution in [2.75, 3.05) is 13.7 Å². The summed E-state index contributed by atoms with van der Waals surface area (Å²) in [6.07, 6.45) is 5.33. The first kappa shape index (κ1) is 13.1. The second-order valence-electron chi connectivity index (χ2n) is 5.62.